The van der Waals surface area contributed by atoms with Crippen molar-refractivity contribution >= 4 is 22.9 Å². The molecule has 0 fully saturated rings. The number of benzene rings is 3. The van der Waals surface area contributed by atoms with E-state index < -0.39 is 0 Å². The largest absolute Gasteiger partial charge is 0.507 e. The molecule has 32 heavy (non-hydrogen) atoms. The Bertz CT molecular complexity index is 1270. The van der Waals surface area contributed by atoms with E-state index in [2.05, 4.69) is 15.1 Å². The Morgan fingerprint density at radius 2 is 1.75 bits per heavy atom. The van der Waals surface area contributed by atoms with Gasteiger partial charge in [0.25, 0.3) is 0 Å². The first-order chi connectivity index (χ1) is 15.6. The molecule has 2 N–H and O–H groups in total. The van der Waals surface area contributed by atoms with E-state index in [1.807, 2.05) is 37.3 Å². The molecule has 0 atom stereocenters. The molecule has 4 rings (SSSR count). The Hall–Kier alpha value is -4.13. The zero-order chi connectivity index (χ0) is 22.5. The van der Waals surface area contributed by atoms with Crippen LogP contribution in [0.2, 0.25) is 0 Å². The van der Waals surface area contributed by atoms with Gasteiger partial charge >= 0.3 is 0 Å². The van der Waals surface area contributed by atoms with Crippen LogP contribution < -0.4 is 9.75 Å². The highest BCUT2D eigenvalue weighted by atomic mass is 16.5. The first-order valence-electron chi connectivity index (χ1n) is 10.4. The number of hydrazone groups is 1. The molecule has 0 aliphatic carbocycles. The molecule has 162 valence electrons. The van der Waals surface area contributed by atoms with E-state index in [1.54, 1.807) is 54.7 Å². The lowest BCUT2D eigenvalue weighted by Crippen LogP contribution is -2.12. The van der Waals surface area contributed by atoms with Crippen molar-refractivity contribution in [3.05, 3.63) is 72.3 Å². The van der Waals surface area contributed by atoms with Crippen LogP contribution in [0.5, 0.6) is 17.2 Å². The Kier molecular flexibility index (Phi) is 6.17. The van der Waals surface area contributed by atoms with Crippen LogP contribution >= 0.6 is 0 Å². The molecule has 0 aliphatic rings. The van der Waals surface area contributed by atoms with Crippen molar-refractivity contribution in [3.8, 4) is 28.6 Å². The van der Waals surface area contributed by atoms with Crippen molar-refractivity contribution in [1.82, 2.24) is 9.97 Å². The minimum absolute atomic E-state index is 0.0817. The van der Waals surface area contributed by atoms with Crippen LogP contribution in [0.4, 0.5) is 5.82 Å². The van der Waals surface area contributed by atoms with Gasteiger partial charge < -0.3 is 14.9 Å². The van der Waals surface area contributed by atoms with Gasteiger partial charge in [0.1, 0.15) is 17.2 Å². The predicted molar refractivity (Wildman–Crippen MR) is 127 cm³/mol. The van der Waals surface area contributed by atoms with E-state index in [0.29, 0.717) is 35.1 Å². The first kappa shape index (κ1) is 21.1. The predicted octanol–water partition coefficient (Wildman–Crippen LogP) is 4.97. The molecule has 3 aromatic carbocycles. The van der Waals surface area contributed by atoms with Crippen LogP contribution in [0.3, 0.4) is 0 Å². The fourth-order valence-electron chi connectivity index (χ4n) is 3.24. The van der Waals surface area contributed by atoms with Crippen molar-refractivity contribution in [2.45, 2.75) is 13.3 Å². The number of ether oxygens (including phenoxy) is 1. The van der Waals surface area contributed by atoms with Crippen LogP contribution in [0.15, 0.2) is 71.8 Å². The number of fused-ring (bicyclic) bond motifs is 1. The summed E-state index contributed by atoms with van der Waals surface area (Å²) < 4.78 is 5.55. The fourth-order valence-corrected chi connectivity index (χ4v) is 3.24. The van der Waals surface area contributed by atoms with Crippen LogP contribution in [0.1, 0.15) is 18.9 Å². The molecule has 0 spiro atoms. The van der Waals surface area contributed by atoms with E-state index in [1.165, 1.54) is 0 Å². The van der Waals surface area contributed by atoms with Crippen LogP contribution in [-0.2, 0) is 0 Å². The summed E-state index contributed by atoms with van der Waals surface area (Å²) in [6, 6.07) is 19.7. The number of hydrogen-bond donors (Lipinski definition) is 2. The molecule has 0 aliphatic heterocycles. The smallest absolute Gasteiger partial charge is 0.165 e. The molecule has 0 radical (unpaired) electrons. The van der Waals surface area contributed by atoms with Crippen LogP contribution in [0.25, 0.3) is 22.3 Å². The Morgan fingerprint density at radius 1 is 0.969 bits per heavy atom. The van der Waals surface area contributed by atoms with Crippen molar-refractivity contribution in [3.63, 3.8) is 0 Å². The summed E-state index contributed by atoms with van der Waals surface area (Å²) in [5.74, 6) is 1.78. The van der Waals surface area contributed by atoms with Gasteiger partial charge in [-0.2, -0.15) is 5.10 Å². The van der Waals surface area contributed by atoms with Gasteiger partial charge in [0.2, 0.25) is 0 Å². The molecular formula is C25H24N4O3. The molecule has 0 bridgehead atoms. The minimum Gasteiger partial charge on any atom is -0.507 e. The van der Waals surface area contributed by atoms with Crippen molar-refractivity contribution in [2.24, 2.45) is 5.10 Å². The van der Waals surface area contributed by atoms with Gasteiger partial charge in [-0.15, -0.1) is 0 Å². The maximum Gasteiger partial charge on any atom is 0.165 e. The fraction of sp³-hybridized carbons (Fsp3) is 0.160. The molecule has 0 saturated heterocycles. The van der Waals surface area contributed by atoms with E-state index in [0.717, 1.165) is 17.3 Å². The van der Waals surface area contributed by atoms with Gasteiger partial charge in [-0.05, 0) is 42.8 Å². The molecule has 0 saturated carbocycles. The van der Waals surface area contributed by atoms with Gasteiger partial charge in [0, 0.05) is 24.1 Å². The normalized spacial score (nSPS) is 11.2. The number of anilines is 1. The molecule has 0 amide bonds. The number of phenolic OH excluding ortho intramolecular Hbond substituents is 2. The monoisotopic (exact) mass is 428 g/mol. The maximum atomic E-state index is 10.3. The summed E-state index contributed by atoms with van der Waals surface area (Å²) in [6.07, 6.45) is 2.46. The zero-order valence-corrected chi connectivity index (χ0v) is 17.9. The molecular weight excluding hydrogens is 404 g/mol. The number of aromatic hydroxyl groups is 2. The first-order valence-corrected chi connectivity index (χ1v) is 10.4. The van der Waals surface area contributed by atoms with E-state index >= 15 is 0 Å². The number of phenols is 2. The topological polar surface area (TPSA) is 91.1 Å². The second-order valence-electron chi connectivity index (χ2n) is 7.24. The van der Waals surface area contributed by atoms with Crippen LogP contribution in [0, 0.1) is 0 Å². The second kappa shape index (κ2) is 9.34. The third kappa shape index (κ3) is 4.46. The van der Waals surface area contributed by atoms with Gasteiger partial charge in [0.05, 0.1) is 23.9 Å². The van der Waals surface area contributed by atoms with E-state index in [4.69, 9.17) is 4.74 Å². The molecule has 0 unspecified atom stereocenters. The lowest BCUT2D eigenvalue weighted by Gasteiger charge is -2.16. The number of aromatic nitrogens is 2. The van der Waals surface area contributed by atoms with Gasteiger partial charge in [-0.25, -0.2) is 9.97 Å². The summed E-state index contributed by atoms with van der Waals surface area (Å²) in [5.41, 5.74) is 1.83. The van der Waals surface area contributed by atoms with Crippen molar-refractivity contribution in [1.29, 1.82) is 0 Å². The van der Waals surface area contributed by atoms with E-state index in [9.17, 15) is 10.2 Å². The summed E-state index contributed by atoms with van der Waals surface area (Å²) in [5, 5.41) is 27.5. The molecule has 7 heteroatoms. The standard InChI is InChI=1S/C25H24N4O3/c1-3-14-32-18-13-12-17(23(31)15-18)16-26-29(2)25-19-8-4-6-10-21(19)27-24(28-25)20-9-5-7-11-22(20)30/h4-13,15-16,30-31H,3,14H2,1-2H3/b26-16+. The molecule has 1 heterocycles. The number of hydrogen-bond acceptors (Lipinski definition) is 7. The third-order valence-electron chi connectivity index (χ3n) is 4.88. The molecule has 7 nitrogen and oxygen atoms in total. The average Bonchev–Trinajstić information content (AvgIpc) is 2.81. The summed E-state index contributed by atoms with van der Waals surface area (Å²) >= 11 is 0. The highest BCUT2D eigenvalue weighted by molar-refractivity contribution is 5.92. The lowest BCUT2D eigenvalue weighted by molar-refractivity contribution is 0.315. The zero-order valence-electron chi connectivity index (χ0n) is 17.9. The second-order valence-corrected chi connectivity index (χ2v) is 7.24. The maximum absolute atomic E-state index is 10.3. The lowest BCUT2D eigenvalue weighted by atomic mass is 10.1. The minimum atomic E-state index is 0.0817. The van der Waals surface area contributed by atoms with Crippen molar-refractivity contribution < 1.29 is 14.9 Å². The summed E-state index contributed by atoms with van der Waals surface area (Å²) in [6.45, 7) is 2.62. The number of nitrogens with zero attached hydrogens (tertiary/aromatic N) is 4. The average molecular weight is 428 g/mol. The van der Waals surface area contributed by atoms with Crippen LogP contribution in [-0.4, -0.2) is 40.1 Å². The number of para-hydroxylation sites is 2. The molecule has 1 aromatic heterocycles. The van der Waals surface area contributed by atoms with E-state index in [-0.39, 0.29) is 11.5 Å². The SMILES string of the molecule is CCCOc1ccc(/C=N/N(C)c2nc(-c3ccccc3O)nc3ccccc23)c(O)c1. The Labute approximate surface area is 186 Å². The summed E-state index contributed by atoms with van der Waals surface area (Å²) in [4.78, 5) is 9.29. The highest BCUT2D eigenvalue weighted by Gasteiger charge is 2.14. The van der Waals surface area contributed by atoms with Gasteiger partial charge in [0.15, 0.2) is 11.6 Å². The van der Waals surface area contributed by atoms with Gasteiger partial charge in [-0.3, -0.25) is 5.01 Å². The quantitative estimate of drug-likeness (QED) is 0.319. The Balaban J connectivity index is 1.69. The Morgan fingerprint density at radius 3 is 2.53 bits per heavy atom. The summed E-state index contributed by atoms with van der Waals surface area (Å²) in [7, 11) is 1.77. The van der Waals surface area contributed by atoms with Crippen molar-refractivity contribution in [2.75, 3.05) is 18.7 Å². The number of rotatable bonds is 7. The highest BCUT2D eigenvalue weighted by Crippen LogP contribution is 2.31. The third-order valence-corrected chi connectivity index (χ3v) is 4.88. The van der Waals surface area contributed by atoms with Gasteiger partial charge in [-0.1, -0.05) is 31.2 Å². The molecule has 4 aromatic rings.